The summed E-state index contributed by atoms with van der Waals surface area (Å²) in [4.78, 5) is 16.7. The quantitative estimate of drug-likeness (QED) is 0.749. The highest BCUT2D eigenvalue weighted by Crippen LogP contribution is 2.27. The molecule has 0 atom stereocenters. The maximum atomic E-state index is 13.1. The Morgan fingerprint density at radius 3 is 2.64 bits per heavy atom. The number of benzene rings is 1. The van der Waals surface area contributed by atoms with Crippen LogP contribution >= 0.6 is 11.3 Å². The van der Waals surface area contributed by atoms with Gasteiger partial charge in [0.2, 0.25) is 5.95 Å². The van der Waals surface area contributed by atoms with E-state index in [0.29, 0.717) is 11.8 Å². The van der Waals surface area contributed by atoms with Crippen molar-refractivity contribution in [3.05, 3.63) is 47.9 Å². The molecule has 0 spiro atoms. The molecule has 6 nitrogen and oxygen atoms in total. The van der Waals surface area contributed by atoms with Gasteiger partial charge in [-0.1, -0.05) is 0 Å². The second-order valence-electron chi connectivity index (χ2n) is 5.67. The van der Waals surface area contributed by atoms with Crippen molar-refractivity contribution in [1.82, 2.24) is 20.3 Å². The zero-order valence-electron chi connectivity index (χ0n) is 13.4. The molecule has 8 heteroatoms. The van der Waals surface area contributed by atoms with Crippen LogP contribution in [0.2, 0.25) is 0 Å². The van der Waals surface area contributed by atoms with Crippen molar-refractivity contribution >= 4 is 28.8 Å². The third-order valence-electron chi connectivity index (χ3n) is 3.92. The van der Waals surface area contributed by atoms with E-state index in [4.69, 9.17) is 4.98 Å². The van der Waals surface area contributed by atoms with Gasteiger partial charge in [0.1, 0.15) is 11.6 Å². The first-order chi connectivity index (χ1) is 12.3. The predicted molar refractivity (Wildman–Crippen MR) is 97.9 cm³/mol. The van der Waals surface area contributed by atoms with E-state index >= 15 is 0 Å². The Morgan fingerprint density at radius 1 is 1.12 bits per heavy atom. The Balaban J connectivity index is 1.69. The van der Waals surface area contributed by atoms with Gasteiger partial charge in [-0.3, -0.25) is 4.98 Å². The summed E-state index contributed by atoms with van der Waals surface area (Å²) in [5.41, 5.74) is 3.40. The second-order valence-corrected chi connectivity index (χ2v) is 6.56. The van der Waals surface area contributed by atoms with Gasteiger partial charge in [-0.2, -0.15) is 4.98 Å². The largest absolute Gasteiger partial charge is 0.340 e. The van der Waals surface area contributed by atoms with Gasteiger partial charge < -0.3 is 15.5 Å². The number of anilines is 3. The molecule has 1 fully saturated rings. The third kappa shape index (κ3) is 3.75. The molecule has 0 bridgehead atoms. The molecule has 0 unspecified atom stereocenters. The van der Waals surface area contributed by atoms with Gasteiger partial charge in [0.05, 0.1) is 16.1 Å². The predicted octanol–water partition coefficient (Wildman–Crippen LogP) is 2.89. The number of aromatic nitrogens is 3. The number of hydrogen-bond acceptors (Lipinski definition) is 7. The van der Waals surface area contributed by atoms with E-state index in [0.717, 1.165) is 42.4 Å². The molecule has 25 heavy (non-hydrogen) atoms. The highest BCUT2D eigenvalue weighted by Gasteiger charge is 2.16. The summed E-state index contributed by atoms with van der Waals surface area (Å²) in [6, 6.07) is 8.11. The lowest BCUT2D eigenvalue weighted by atomic mass is 10.3. The van der Waals surface area contributed by atoms with E-state index in [-0.39, 0.29) is 5.82 Å². The fourth-order valence-corrected chi connectivity index (χ4v) is 3.24. The van der Waals surface area contributed by atoms with Gasteiger partial charge in [0, 0.05) is 44.1 Å². The van der Waals surface area contributed by atoms with Gasteiger partial charge in [-0.05, 0) is 24.3 Å². The molecule has 1 aliphatic heterocycles. The van der Waals surface area contributed by atoms with Crippen molar-refractivity contribution in [2.24, 2.45) is 0 Å². The molecular weight excluding hydrogens is 339 g/mol. The molecule has 1 aromatic carbocycles. The summed E-state index contributed by atoms with van der Waals surface area (Å²) in [6.07, 6.45) is 1.80. The molecule has 2 N–H and O–H groups in total. The first-order valence-electron chi connectivity index (χ1n) is 8.04. The molecule has 0 amide bonds. The van der Waals surface area contributed by atoms with E-state index in [1.807, 2.05) is 6.07 Å². The van der Waals surface area contributed by atoms with Crippen molar-refractivity contribution in [2.75, 3.05) is 36.4 Å². The summed E-state index contributed by atoms with van der Waals surface area (Å²) in [5, 5.41) is 6.57. The summed E-state index contributed by atoms with van der Waals surface area (Å²) in [7, 11) is 0. The van der Waals surface area contributed by atoms with Crippen molar-refractivity contribution in [1.29, 1.82) is 0 Å². The van der Waals surface area contributed by atoms with Crippen molar-refractivity contribution < 1.29 is 4.39 Å². The van der Waals surface area contributed by atoms with Crippen molar-refractivity contribution in [3.63, 3.8) is 0 Å². The summed E-state index contributed by atoms with van der Waals surface area (Å²) in [5.74, 6) is 1.11. The molecule has 4 rings (SSSR count). The highest BCUT2D eigenvalue weighted by atomic mass is 32.1. The average molecular weight is 356 g/mol. The van der Waals surface area contributed by atoms with Crippen LogP contribution < -0.4 is 15.5 Å². The van der Waals surface area contributed by atoms with Crippen molar-refractivity contribution in [2.45, 2.75) is 0 Å². The number of halogens is 1. The Labute approximate surface area is 148 Å². The Morgan fingerprint density at radius 2 is 1.92 bits per heavy atom. The molecule has 3 heterocycles. The van der Waals surface area contributed by atoms with Crippen LogP contribution in [0.1, 0.15) is 0 Å². The average Bonchev–Trinajstić information content (AvgIpc) is 3.19. The lowest BCUT2D eigenvalue weighted by Crippen LogP contribution is -2.44. The molecule has 3 aromatic rings. The van der Waals surface area contributed by atoms with Crippen LogP contribution in [-0.4, -0.2) is 41.1 Å². The Kier molecular flexibility index (Phi) is 4.53. The van der Waals surface area contributed by atoms with Crippen LogP contribution in [-0.2, 0) is 0 Å². The fraction of sp³-hybridized carbons (Fsp3) is 0.235. The lowest BCUT2D eigenvalue weighted by molar-refractivity contribution is 0.580. The van der Waals surface area contributed by atoms with E-state index in [1.165, 1.54) is 23.5 Å². The van der Waals surface area contributed by atoms with Crippen LogP contribution in [0.25, 0.3) is 10.6 Å². The van der Waals surface area contributed by atoms with Gasteiger partial charge in [-0.25, -0.2) is 9.37 Å². The lowest BCUT2D eigenvalue weighted by Gasteiger charge is -2.27. The normalized spacial score (nSPS) is 14.5. The second kappa shape index (κ2) is 7.12. The van der Waals surface area contributed by atoms with Gasteiger partial charge in [0.25, 0.3) is 0 Å². The number of nitrogens with one attached hydrogen (secondary N) is 2. The third-order valence-corrected chi connectivity index (χ3v) is 4.71. The first kappa shape index (κ1) is 15.9. The smallest absolute Gasteiger partial charge is 0.227 e. The summed E-state index contributed by atoms with van der Waals surface area (Å²) >= 11 is 1.54. The van der Waals surface area contributed by atoms with E-state index < -0.39 is 0 Å². The minimum absolute atomic E-state index is 0.264. The van der Waals surface area contributed by atoms with Crippen LogP contribution in [0.3, 0.4) is 0 Å². The number of thiazole rings is 1. The van der Waals surface area contributed by atoms with Gasteiger partial charge in [-0.15, -0.1) is 11.3 Å². The molecule has 2 aromatic heterocycles. The molecule has 1 aliphatic rings. The zero-order valence-corrected chi connectivity index (χ0v) is 14.3. The molecule has 0 aliphatic carbocycles. The molecule has 0 saturated carbocycles. The molecule has 128 valence electrons. The maximum absolute atomic E-state index is 13.1. The Hall–Kier alpha value is -2.58. The van der Waals surface area contributed by atoms with Crippen LogP contribution in [0, 0.1) is 5.82 Å². The van der Waals surface area contributed by atoms with Crippen LogP contribution in [0.4, 0.5) is 21.8 Å². The number of hydrogen-bond donors (Lipinski definition) is 2. The number of nitrogens with zero attached hydrogens (tertiary/aromatic N) is 4. The summed E-state index contributed by atoms with van der Waals surface area (Å²) in [6.45, 7) is 3.55. The number of piperazine rings is 1. The SMILES string of the molecule is Fc1ccc(Nc2cc(-c3cncs3)nc(N3CCNCC3)n2)cc1. The van der Waals surface area contributed by atoms with Gasteiger partial charge in [0.15, 0.2) is 0 Å². The monoisotopic (exact) mass is 356 g/mol. The van der Waals surface area contributed by atoms with Crippen molar-refractivity contribution in [3.8, 4) is 10.6 Å². The Bertz CT molecular complexity index is 831. The molecule has 1 saturated heterocycles. The maximum Gasteiger partial charge on any atom is 0.227 e. The molecular formula is C17H17FN6S. The topological polar surface area (TPSA) is 66.0 Å². The van der Waals surface area contributed by atoms with E-state index in [1.54, 1.807) is 23.8 Å². The zero-order chi connectivity index (χ0) is 17.1. The summed E-state index contributed by atoms with van der Waals surface area (Å²) < 4.78 is 13.1. The standard InChI is InChI=1S/C17H17FN6S/c18-12-1-3-13(4-2-12)21-16-9-14(15-10-20-11-25-15)22-17(23-16)24-7-5-19-6-8-24/h1-4,9-11,19H,5-8H2,(H,21,22,23). The fourth-order valence-electron chi connectivity index (χ4n) is 2.65. The van der Waals surface area contributed by atoms with E-state index in [9.17, 15) is 4.39 Å². The highest BCUT2D eigenvalue weighted by molar-refractivity contribution is 7.13. The minimum Gasteiger partial charge on any atom is -0.340 e. The number of rotatable bonds is 4. The van der Waals surface area contributed by atoms with Crippen LogP contribution in [0.5, 0.6) is 0 Å². The van der Waals surface area contributed by atoms with Crippen LogP contribution in [0.15, 0.2) is 42.0 Å². The van der Waals surface area contributed by atoms with E-state index in [2.05, 4.69) is 25.5 Å². The molecule has 0 radical (unpaired) electrons. The first-order valence-corrected chi connectivity index (χ1v) is 8.92. The van der Waals surface area contributed by atoms with Gasteiger partial charge >= 0.3 is 0 Å². The minimum atomic E-state index is -0.264.